The molecule has 4 atom stereocenters. The fourth-order valence-electron chi connectivity index (χ4n) is 6.80. The van der Waals surface area contributed by atoms with Gasteiger partial charge in [0.05, 0.1) is 25.0 Å². The fraction of sp³-hybridized carbons (Fsp3) is 0.579. The molecule has 1 saturated carbocycles. The molecule has 4 nitrogen and oxygen atoms in total. The van der Waals surface area contributed by atoms with Crippen molar-refractivity contribution in [3.63, 3.8) is 0 Å². The molecule has 240 valence electrons. The van der Waals surface area contributed by atoms with E-state index in [-0.39, 0.29) is 23.8 Å². The molecule has 0 spiro atoms. The maximum Gasteiger partial charge on any atom is 0.310 e. The normalized spacial score (nSPS) is 26.8. The molecule has 1 heterocycles. The number of benzene rings is 2. The molecular weight excluding hydrogens is 680 g/mol. The molecule has 0 amide bonds. The lowest BCUT2D eigenvalue weighted by atomic mass is 9.52. The van der Waals surface area contributed by atoms with E-state index in [1.807, 2.05) is 24.3 Å². The number of fused-ring (bicyclic) bond motifs is 1. The number of cyclic esters (lactones) is 2. The molecule has 1 fully saturated rings. The van der Waals surface area contributed by atoms with E-state index in [2.05, 4.69) is 68.3 Å². The molecule has 0 aromatic heterocycles. The summed E-state index contributed by atoms with van der Waals surface area (Å²) in [5, 5.41) is 0. The minimum atomic E-state index is -0.565. The Hall–Kier alpha value is -1.92. The van der Waals surface area contributed by atoms with Gasteiger partial charge in [-0.05, 0) is 73.9 Å². The van der Waals surface area contributed by atoms with E-state index in [9.17, 15) is 9.59 Å². The number of hydrogen-bond donors (Lipinski definition) is 0. The van der Waals surface area contributed by atoms with Crippen molar-refractivity contribution in [2.45, 2.75) is 115 Å². The zero-order chi connectivity index (χ0) is 31.0. The first-order valence-corrected chi connectivity index (χ1v) is 18.6. The number of rotatable bonds is 2. The Bertz CT molecular complexity index is 1070. The topological polar surface area (TPSA) is 52.6 Å². The van der Waals surface area contributed by atoms with Crippen LogP contribution < -0.4 is 0 Å². The minimum absolute atomic E-state index is 0.156. The van der Waals surface area contributed by atoms with Crippen LogP contribution in [0.3, 0.4) is 0 Å². The number of carbonyl (C=O) groups excluding carboxylic acids is 2. The van der Waals surface area contributed by atoms with Crippen LogP contribution in [-0.2, 0) is 19.1 Å². The predicted molar refractivity (Wildman–Crippen MR) is 186 cm³/mol. The fourth-order valence-corrected chi connectivity index (χ4v) is 7.33. The molecule has 2 aromatic carbocycles. The second-order valence-corrected chi connectivity index (χ2v) is 14.4. The van der Waals surface area contributed by atoms with Gasteiger partial charge in [-0.1, -0.05) is 132 Å². The summed E-state index contributed by atoms with van der Waals surface area (Å²) in [6.07, 6.45) is 23.4. The molecule has 0 radical (unpaired) electrons. The number of esters is 2. The number of allylic oxidation sites excluding steroid dienone is 2. The van der Waals surface area contributed by atoms with Gasteiger partial charge in [0.15, 0.2) is 0 Å². The summed E-state index contributed by atoms with van der Waals surface area (Å²) in [5.74, 6) is -1.99. The molecule has 2 aromatic rings. The predicted octanol–water partition coefficient (Wildman–Crippen LogP) is 11.2. The third-order valence-electron chi connectivity index (χ3n) is 9.29. The number of hydrogen-bond acceptors (Lipinski definition) is 4. The van der Waals surface area contributed by atoms with Gasteiger partial charge in [-0.3, -0.25) is 9.59 Å². The SMILES string of the molecule is O=C1OCCCCCCCCC/C=C\CCCCCCCCCOC(=O)[C@H]2[C@@H]1[C@H](c1ccc(Br)cc1)[C@@H]2c1ccc(Br)cc1. The summed E-state index contributed by atoms with van der Waals surface area (Å²) in [6.45, 7) is 0.801. The lowest BCUT2D eigenvalue weighted by Crippen LogP contribution is -2.52. The van der Waals surface area contributed by atoms with Crippen molar-refractivity contribution < 1.29 is 19.1 Å². The van der Waals surface area contributed by atoms with Gasteiger partial charge in [0.1, 0.15) is 0 Å². The van der Waals surface area contributed by atoms with E-state index in [0.29, 0.717) is 13.2 Å². The van der Waals surface area contributed by atoms with E-state index in [4.69, 9.17) is 9.47 Å². The highest BCUT2D eigenvalue weighted by Crippen LogP contribution is 2.58. The highest BCUT2D eigenvalue weighted by molar-refractivity contribution is 9.10. The van der Waals surface area contributed by atoms with Gasteiger partial charge in [0.2, 0.25) is 0 Å². The van der Waals surface area contributed by atoms with Crippen LogP contribution in [0.15, 0.2) is 69.6 Å². The Morgan fingerprint density at radius 3 is 1.11 bits per heavy atom. The lowest BCUT2D eigenvalue weighted by molar-refractivity contribution is -0.172. The van der Waals surface area contributed by atoms with Gasteiger partial charge < -0.3 is 9.47 Å². The smallest absolute Gasteiger partial charge is 0.310 e. The summed E-state index contributed by atoms with van der Waals surface area (Å²) in [7, 11) is 0. The van der Waals surface area contributed by atoms with Crippen LogP contribution in [0, 0.1) is 11.8 Å². The molecule has 2 aliphatic rings. The Kier molecular flexibility index (Phi) is 15.5. The third kappa shape index (κ3) is 10.9. The lowest BCUT2D eigenvalue weighted by Gasteiger charge is -2.49. The van der Waals surface area contributed by atoms with E-state index < -0.39 is 11.8 Å². The molecule has 1 aliphatic carbocycles. The molecule has 44 heavy (non-hydrogen) atoms. The highest BCUT2D eigenvalue weighted by Gasteiger charge is 2.59. The van der Waals surface area contributed by atoms with Gasteiger partial charge in [0, 0.05) is 20.8 Å². The first-order valence-electron chi connectivity index (χ1n) is 17.1. The molecule has 4 rings (SSSR count). The van der Waals surface area contributed by atoms with Gasteiger partial charge in [0.25, 0.3) is 0 Å². The van der Waals surface area contributed by atoms with E-state index >= 15 is 0 Å². The maximum absolute atomic E-state index is 13.7. The van der Waals surface area contributed by atoms with Crippen LogP contribution in [-0.4, -0.2) is 25.2 Å². The molecule has 0 N–H and O–H groups in total. The van der Waals surface area contributed by atoms with Crippen molar-refractivity contribution in [3.8, 4) is 0 Å². The van der Waals surface area contributed by atoms with Crippen molar-refractivity contribution in [1.82, 2.24) is 0 Å². The quantitative estimate of drug-likeness (QED) is 0.228. The first-order chi connectivity index (χ1) is 21.6. The second kappa shape index (κ2) is 19.6. The Morgan fingerprint density at radius 1 is 0.432 bits per heavy atom. The average molecular weight is 731 g/mol. The molecule has 6 heteroatoms. The number of halogens is 2. The molecule has 0 unspecified atom stereocenters. The zero-order valence-corrected chi connectivity index (χ0v) is 29.4. The van der Waals surface area contributed by atoms with Crippen LogP contribution >= 0.6 is 31.9 Å². The van der Waals surface area contributed by atoms with Crippen molar-refractivity contribution in [2.75, 3.05) is 13.2 Å². The molecule has 0 saturated heterocycles. The number of carbonyl (C=O) groups is 2. The van der Waals surface area contributed by atoms with Crippen molar-refractivity contribution >= 4 is 43.8 Å². The summed E-state index contributed by atoms with van der Waals surface area (Å²) in [4.78, 5) is 27.4. The zero-order valence-electron chi connectivity index (χ0n) is 26.2. The standard InChI is InChI=1S/C38H50Br2O4/c39-31-23-19-29(20-24-31)33-34(30-21-25-32(40)26-22-30)36-35(33)37(41)43-27-17-15-13-11-9-7-5-3-1-2-4-6-8-10-12-14-16-18-28-44-38(36)42/h1-2,19-26,33-36H,3-18,27-28H2/b2-1-/t33-,34+,35+,36-. The van der Waals surface area contributed by atoms with E-state index in [1.165, 1.54) is 77.0 Å². The van der Waals surface area contributed by atoms with Crippen molar-refractivity contribution in [2.24, 2.45) is 11.8 Å². The van der Waals surface area contributed by atoms with E-state index in [1.54, 1.807) is 0 Å². The van der Waals surface area contributed by atoms with Crippen LogP contribution in [0.5, 0.6) is 0 Å². The van der Waals surface area contributed by atoms with Gasteiger partial charge >= 0.3 is 11.9 Å². The Morgan fingerprint density at radius 2 is 0.750 bits per heavy atom. The maximum atomic E-state index is 13.7. The Labute approximate surface area is 282 Å². The van der Waals surface area contributed by atoms with Crippen LogP contribution in [0.4, 0.5) is 0 Å². The van der Waals surface area contributed by atoms with Crippen molar-refractivity contribution in [3.05, 3.63) is 80.8 Å². The summed E-state index contributed by atoms with van der Waals surface area (Å²) >= 11 is 7.09. The van der Waals surface area contributed by atoms with Gasteiger partial charge in [-0.15, -0.1) is 0 Å². The second-order valence-electron chi connectivity index (χ2n) is 12.5. The van der Waals surface area contributed by atoms with Crippen LogP contribution in [0.25, 0.3) is 0 Å². The third-order valence-corrected chi connectivity index (χ3v) is 10.3. The molecule has 1 aliphatic heterocycles. The highest BCUT2D eigenvalue weighted by atomic mass is 79.9. The first kappa shape index (κ1) is 34.9. The summed E-state index contributed by atoms with van der Waals surface area (Å²) in [5.41, 5.74) is 2.09. The molecular formula is C38H50Br2O4. The van der Waals surface area contributed by atoms with Crippen molar-refractivity contribution in [1.29, 1.82) is 0 Å². The molecule has 0 bridgehead atoms. The minimum Gasteiger partial charge on any atom is -0.465 e. The largest absolute Gasteiger partial charge is 0.465 e. The monoisotopic (exact) mass is 728 g/mol. The van der Waals surface area contributed by atoms with Gasteiger partial charge in [-0.25, -0.2) is 0 Å². The van der Waals surface area contributed by atoms with Gasteiger partial charge in [-0.2, -0.15) is 0 Å². The average Bonchev–Trinajstić information content (AvgIpc) is 3.00. The van der Waals surface area contributed by atoms with E-state index in [0.717, 1.165) is 45.8 Å². The number of ether oxygens (including phenoxy) is 2. The van der Waals surface area contributed by atoms with Crippen LogP contribution in [0.2, 0.25) is 0 Å². The van der Waals surface area contributed by atoms with Crippen LogP contribution in [0.1, 0.15) is 126 Å². The Balaban J connectivity index is 1.46. The summed E-state index contributed by atoms with van der Waals surface area (Å²) < 4.78 is 13.7. The summed E-state index contributed by atoms with van der Waals surface area (Å²) in [6, 6.07) is 16.2.